The Balaban J connectivity index is 0. The Morgan fingerprint density at radius 1 is 1.12 bits per heavy atom. The second kappa shape index (κ2) is 4.80. The van der Waals surface area contributed by atoms with Crippen molar-refractivity contribution in [2.24, 2.45) is 0 Å². The Hall–Kier alpha value is -0.354. The zero-order valence-corrected chi connectivity index (χ0v) is 5.60. The molecule has 0 aliphatic rings. The van der Waals surface area contributed by atoms with Crippen LogP contribution in [0.5, 0.6) is 0 Å². The molecule has 0 amide bonds. The average Bonchev–Trinajstić information content (AvgIpc) is 1.27. The Morgan fingerprint density at radius 2 is 1.38 bits per heavy atom. The molecule has 0 aromatic heterocycles. The molecule has 3 nitrogen and oxygen atoms in total. The largest absolute Gasteiger partial charge is 0.394 e. The van der Waals surface area contributed by atoms with Crippen LogP contribution in [0.15, 0.2) is 0 Å². The van der Waals surface area contributed by atoms with Crippen molar-refractivity contribution < 1.29 is 31.1 Å². The molecular weight excluding hydrogens is 155 g/mol. The molecule has 0 aliphatic carbocycles. The number of carbonyl (C=O) groups is 2. The van der Waals surface area contributed by atoms with Crippen molar-refractivity contribution in [3.63, 3.8) is 0 Å². The van der Waals surface area contributed by atoms with Crippen LogP contribution < -0.4 is 0 Å². The first-order valence-electron chi connectivity index (χ1n) is 1.82. The summed E-state index contributed by atoms with van der Waals surface area (Å²) >= 11 is 0. The molecule has 0 bridgehead atoms. The average molecular weight is 161 g/mol. The zero-order chi connectivity index (χ0) is 5.86. The van der Waals surface area contributed by atoms with Crippen molar-refractivity contribution in [1.29, 1.82) is 0 Å². The van der Waals surface area contributed by atoms with Gasteiger partial charge in [0.1, 0.15) is 0 Å². The number of hydrogen-bond donors (Lipinski definition) is 0. The fraction of sp³-hybridized carbons (Fsp3) is 0.500. The number of rotatable bonds is 0. The fourth-order valence-corrected chi connectivity index (χ4v) is 0.202. The molecular formula is C4H6CoO3. The van der Waals surface area contributed by atoms with E-state index < -0.39 is 11.9 Å². The molecule has 1 radical (unpaired) electrons. The molecule has 0 aliphatic heterocycles. The minimum absolute atomic E-state index is 0. The van der Waals surface area contributed by atoms with E-state index in [2.05, 4.69) is 4.74 Å². The van der Waals surface area contributed by atoms with E-state index in [1.54, 1.807) is 0 Å². The van der Waals surface area contributed by atoms with E-state index in [-0.39, 0.29) is 16.8 Å². The van der Waals surface area contributed by atoms with Crippen molar-refractivity contribution in [2.75, 3.05) is 0 Å². The van der Waals surface area contributed by atoms with E-state index in [0.717, 1.165) is 0 Å². The summed E-state index contributed by atoms with van der Waals surface area (Å²) in [5.41, 5.74) is 0. The second-order valence-electron chi connectivity index (χ2n) is 1.09. The van der Waals surface area contributed by atoms with E-state index in [1.165, 1.54) is 13.8 Å². The number of hydrogen-bond acceptors (Lipinski definition) is 3. The third-order valence-electron chi connectivity index (χ3n) is 0.287. The zero-order valence-electron chi connectivity index (χ0n) is 4.56. The predicted octanol–water partition coefficient (Wildman–Crippen LogP) is 0.0935. The molecule has 0 heterocycles. The van der Waals surface area contributed by atoms with Gasteiger partial charge in [-0.2, -0.15) is 0 Å². The van der Waals surface area contributed by atoms with E-state index in [9.17, 15) is 9.59 Å². The maximum Gasteiger partial charge on any atom is 0.310 e. The van der Waals surface area contributed by atoms with Gasteiger partial charge in [0.15, 0.2) is 0 Å². The van der Waals surface area contributed by atoms with Crippen LogP contribution in [0.4, 0.5) is 0 Å². The first kappa shape index (κ1) is 10.6. The summed E-state index contributed by atoms with van der Waals surface area (Å²) in [4.78, 5) is 19.6. The summed E-state index contributed by atoms with van der Waals surface area (Å²) in [6.45, 7) is 2.36. The van der Waals surface area contributed by atoms with Crippen LogP contribution in [0.2, 0.25) is 0 Å². The number of esters is 2. The van der Waals surface area contributed by atoms with Crippen molar-refractivity contribution in [3.8, 4) is 0 Å². The monoisotopic (exact) mass is 161 g/mol. The molecule has 0 N–H and O–H groups in total. The number of carbonyl (C=O) groups excluding carboxylic acids is 2. The van der Waals surface area contributed by atoms with E-state index in [0.29, 0.717) is 0 Å². The normalized spacial score (nSPS) is 6.75. The molecule has 0 saturated heterocycles. The van der Waals surface area contributed by atoms with Gasteiger partial charge in [-0.15, -0.1) is 0 Å². The van der Waals surface area contributed by atoms with Gasteiger partial charge in [-0.05, 0) is 0 Å². The summed E-state index contributed by atoms with van der Waals surface area (Å²) in [6.07, 6.45) is 0. The molecule has 0 rings (SSSR count). The van der Waals surface area contributed by atoms with Crippen molar-refractivity contribution >= 4 is 11.9 Å². The molecule has 0 aromatic carbocycles. The molecule has 0 spiro atoms. The third kappa shape index (κ3) is 9.17. The van der Waals surface area contributed by atoms with E-state index in [4.69, 9.17) is 0 Å². The summed E-state index contributed by atoms with van der Waals surface area (Å²) in [5.74, 6) is -1.12. The summed E-state index contributed by atoms with van der Waals surface area (Å²) < 4.78 is 3.97. The third-order valence-corrected chi connectivity index (χ3v) is 0.287. The van der Waals surface area contributed by atoms with Crippen LogP contribution in [0.3, 0.4) is 0 Å². The summed E-state index contributed by atoms with van der Waals surface area (Å²) in [7, 11) is 0. The Kier molecular flexibility index (Phi) is 6.35. The predicted molar refractivity (Wildman–Crippen MR) is 22.4 cm³/mol. The van der Waals surface area contributed by atoms with Gasteiger partial charge in [0.2, 0.25) is 0 Å². The molecule has 49 valence electrons. The fourth-order valence-electron chi connectivity index (χ4n) is 0.202. The molecule has 4 heteroatoms. The summed E-state index contributed by atoms with van der Waals surface area (Å²) in [5, 5.41) is 0. The Morgan fingerprint density at radius 3 is 1.38 bits per heavy atom. The maximum absolute atomic E-state index is 9.81. The molecule has 0 unspecified atom stereocenters. The Bertz CT molecular complexity index is 87.5. The van der Waals surface area contributed by atoms with Crippen LogP contribution >= 0.6 is 0 Å². The quantitative estimate of drug-likeness (QED) is 0.373. The van der Waals surface area contributed by atoms with Gasteiger partial charge in [-0.3, -0.25) is 9.59 Å². The van der Waals surface area contributed by atoms with Gasteiger partial charge in [-0.25, -0.2) is 0 Å². The number of ether oxygens (including phenoxy) is 1. The standard InChI is InChI=1S/C4H6O3.Co/c1-3(5)7-4(2)6;/h1-2H3;. The van der Waals surface area contributed by atoms with Crippen LogP contribution in [0.1, 0.15) is 13.8 Å². The van der Waals surface area contributed by atoms with E-state index >= 15 is 0 Å². The minimum atomic E-state index is -0.562. The first-order chi connectivity index (χ1) is 3.13. The molecule has 0 saturated carbocycles. The molecule has 8 heavy (non-hydrogen) atoms. The Labute approximate surface area is 57.6 Å². The van der Waals surface area contributed by atoms with Crippen LogP contribution in [-0.2, 0) is 31.1 Å². The van der Waals surface area contributed by atoms with Gasteiger partial charge in [-0.1, -0.05) is 0 Å². The van der Waals surface area contributed by atoms with Crippen molar-refractivity contribution in [3.05, 3.63) is 0 Å². The topological polar surface area (TPSA) is 43.4 Å². The van der Waals surface area contributed by atoms with Gasteiger partial charge in [0.05, 0.1) is 0 Å². The molecule has 0 aromatic rings. The SMILES string of the molecule is CC(=O)OC(C)=O.[Co]. The minimum Gasteiger partial charge on any atom is -0.394 e. The maximum atomic E-state index is 9.81. The van der Waals surface area contributed by atoms with Gasteiger partial charge < -0.3 is 4.74 Å². The summed E-state index contributed by atoms with van der Waals surface area (Å²) in [6, 6.07) is 0. The smallest absolute Gasteiger partial charge is 0.310 e. The van der Waals surface area contributed by atoms with Crippen molar-refractivity contribution in [2.45, 2.75) is 13.8 Å². The first-order valence-corrected chi connectivity index (χ1v) is 1.82. The van der Waals surface area contributed by atoms with Crippen LogP contribution in [-0.4, -0.2) is 11.9 Å². The second-order valence-corrected chi connectivity index (χ2v) is 1.09. The van der Waals surface area contributed by atoms with Crippen LogP contribution in [0, 0.1) is 0 Å². The van der Waals surface area contributed by atoms with Gasteiger partial charge in [0, 0.05) is 30.6 Å². The van der Waals surface area contributed by atoms with Crippen molar-refractivity contribution in [1.82, 2.24) is 0 Å². The van der Waals surface area contributed by atoms with E-state index in [1.807, 2.05) is 0 Å². The molecule has 0 fully saturated rings. The van der Waals surface area contributed by atoms with Gasteiger partial charge >= 0.3 is 11.9 Å². The van der Waals surface area contributed by atoms with Gasteiger partial charge in [0.25, 0.3) is 0 Å². The molecule has 0 atom stereocenters. The van der Waals surface area contributed by atoms with Crippen LogP contribution in [0.25, 0.3) is 0 Å².